The largest absolute Gasteiger partial charge is 0.479 e. The van der Waals surface area contributed by atoms with Crippen LogP contribution in [0.2, 0.25) is 0 Å². The zero-order chi connectivity index (χ0) is 23.8. The molecule has 33 heavy (non-hydrogen) atoms. The van der Waals surface area contributed by atoms with E-state index in [2.05, 4.69) is 34.9 Å². The first-order valence-corrected chi connectivity index (χ1v) is 11.0. The predicted molar refractivity (Wildman–Crippen MR) is 123 cm³/mol. The maximum atomic E-state index is 12.3. The minimum absolute atomic E-state index is 0.00555. The number of alkyl carbamates (subject to hydrolysis) is 1. The van der Waals surface area contributed by atoms with Crippen LogP contribution in [0.3, 0.4) is 0 Å². The summed E-state index contributed by atoms with van der Waals surface area (Å²) in [6.45, 7) is 2.46. The third-order valence-corrected chi connectivity index (χ3v) is 5.85. The van der Waals surface area contributed by atoms with Crippen LogP contribution < -0.4 is 10.6 Å². The lowest BCUT2D eigenvalue weighted by molar-refractivity contribution is -0.148. The van der Waals surface area contributed by atoms with Crippen molar-refractivity contribution in [1.82, 2.24) is 10.6 Å². The van der Waals surface area contributed by atoms with E-state index in [1.165, 1.54) is 18.2 Å². The molecule has 2 unspecified atom stereocenters. The lowest BCUT2D eigenvalue weighted by Crippen LogP contribution is -2.38. The number of hydrogen-bond acceptors (Lipinski definition) is 5. The Morgan fingerprint density at radius 1 is 0.970 bits per heavy atom. The molecule has 1 aliphatic carbocycles. The quantitative estimate of drug-likeness (QED) is 0.481. The molecular formula is C25H30N2O6. The standard InChI is InChI=1S/C25H30N2O6/c1-16(11-12-23(28)26-14-22(32-2)24(29)30)13-27-25(31)33-15-21-19-9-5-3-7-17(19)18-8-4-6-10-20(18)21/h3-10,16,21-22H,11-15H2,1-2H3,(H,26,28)(H,27,31)(H,29,30). The topological polar surface area (TPSA) is 114 Å². The van der Waals surface area contributed by atoms with Crippen LogP contribution in [0.1, 0.15) is 36.8 Å². The van der Waals surface area contributed by atoms with Crippen LogP contribution in [0.5, 0.6) is 0 Å². The van der Waals surface area contributed by atoms with Gasteiger partial charge in [0.25, 0.3) is 0 Å². The fourth-order valence-corrected chi connectivity index (χ4v) is 3.95. The molecule has 0 saturated heterocycles. The second-order valence-electron chi connectivity index (χ2n) is 8.22. The Morgan fingerprint density at radius 3 is 2.15 bits per heavy atom. The molecule has 2 atom stereocenters. The van der Waals surface area contributed by atoms with E-state index in [1.807, 2.05) is 31.2 Å². The van der Waals surface area contributed by atoms with Crippen LogP contribution >= 0.6 is 0 Å². The Labute approximate surface area is 193 Å². The van der Waals surface area contributed by atoms with Gasteiger partial charge in [0.05, 0.1) is 6.54 Å². The van der Waals surface area contributed by atoms with Gasteiger partial charge >= 0.3 is 12.1 Å². The smallest absolute Gasteiger partial charge is 0.407 e. The predicted octanol–water partition coefficient (Wildman–Crippen LogP) is 3.16. The van der Waals surface area contributed by atoms with E-state index in [9.17, 15) is 14.4 Å². The zero-order valence-electron chi connectivity index (χ0n) is 18.9. The highest BCUT2D eigenvalue weighted by Crippen LogP contribution is 2.44. The van der Waals surface area contributed by atoms with Gasteiger partial charge in [-0.25, -0.2) is 9.59 Å². The molecule has 2 amide bonds. The second kappa shape index (κ2) is 11.5. The number of carbonyl (C=O) groups excluding carboxylic acids is 2. The van der Waals surface area contributed by atoms with Gasteiger partial charge in [-0.15, -0.1) is 0 Å². The third-order valence-electron chi connectivity index (χ3n) is 5.85. The number of fused-ring (bicyclic) bond motifs is 3. The summed E-state index contributed by atoms with van der Waals surface area (Å²) in [5.74, 6) is -1.33. The summed E-state index contributed by atoms with van der Waals surface area (Å²) >= 11 is 0. The van der Waals surface area contributed by atoms with Crippen molar-refractivity contribution in [2.75, 3.05) is 26.8 Å². The van der Waals surface area contributed by atoms with Gasteiger partial charge in [-0.05, 0) is 34.6 Å². The molecule has 8 nitrogen and oxygen atoms in total. The van der Waals surface area contributed by atoms with Crippen molar-refractivity contribution >= 4 is 18.0 Å². The number of amides is 2. The van der Waals surface area contributed by atoms with Gasteiger partial charge in [-0.2, -0.15) is 0 Å². The molecule has 0 heterocycles. The first kappa shape index (κ1) is 24.3. The Kier molecular flexibility index (Phi) is 8.43. The van der Waals surface area contributed by atoms with Gasteiger partial charge < -0.3 is 25.2 Å². The van der Waals surface area contributed by atoms with E-state index in [0.29, 0.717) is 13.0 Å². The molecule has 2 aromatic carbocycles. The van der Waals surface area contributed by atoms with Gasteiger partial charge in [0, 0.05) is 26.0 Å². The number of carbonyl (C=O) groups is 3. The monoisotopic (exact) mass is 454 g/mol. The number of aliphatic carboxylic acids is 1. The molecule has 0 fully saturated rings. The minimum Gasteiger partial charge on any atom is -0.479 e. The summed E-state index contributed by atoms with van der Waals surface area (Å²) in [6, 6.07) is 16.3. The highest BCUT2D eigenvalue weighted by atomic mass is 16.5. The lowest BCUT2D eigenvalue weighted by atomic mass is 9.98. The summed E-state index contributed by atoms with van der Waals surface area (Å²) in [6.07, 6.45) is -0.789. The second-order valence-corrected chi connectivity index (χ2v) is 8.22. The molecule has 176 valence electrons. The van der Waals surface area contributed by atoms with Crippen LogP contribution in [0.4, 0.5) is 4.79 Å². The average Bonchev–Trinajstić information content (AvgIpc) is 3.14. The van der Waals surface area contributed by atoms with Crippen molar-refractivity contribution < 1.29 is 29.0 Å². The number of hydrogen-bond donors (Lipinski definition) is 3. The van der Waals surface area contributed by atoms with Gasteiger partial charge in [0.2, 0.25) is 5.91 Å². The Hall–Kier alpha value is -3.39. The van der Waals surface area contributed by atoms with Gasteiger partial charge in [0.1, 0.15) is 6.61 Å². The maximum Gasteiger partial charge on any atom is 0.407 e. The van der Waals surface area contributed by atoms with Crippen molar-refractivity contribution in [1.29, 1.82) is 0 Å². The first-order valence-electron chi connectivity index (χ1n) is 11.0. The number of carboxylic acid groups (broad SMARTS) is 1. The molecule has 0 bridgehead atoms. The van der Waals surface area contributed by atoms with Crippen molar-refractivity contribution in [2.24, 2.45) is 5.92 Å². The van der Waals surface area contributed by atoms with E-state index in [4.69, 9.17) is 14.6 Å². The van der Waals surface area contributed by atoms with Gasteiger partial charge in [-0.3, -0.25) is 4.79 Å². The minimum atomic E-state index is -1.13. The normalized spacial score (nSPS) is 14.0. The summed E-state index contributed by atoms with van der Waals surface area (Å²) in [5, 5.41) is 14.2. The first-order chi connectivity index (χ1) is 15.9. The highest BCUT2D eigenvalue weighted by molar-refractivity contribution is 5.79. The van der Waals surface area contributed by atoms with Gasteiger partial charge in [-0.1, -0.05) is 55.5 Å². The van der Waals surface area contributed by atoms with Crippen LogP contribution in [-0.2, 0) is 19.1 Å². The Morgan fingerprint density at radius 2 is 1.58 bits per heavy atom. The number of nitrogens with one attached hydrogen (secondary N) is 2. The highest BCUT2D eigenvalue weighted by Gasteiger charge is 2.29. The van der Waals surface area contributed by atoms with Crippen LogP contribution in [0, 0.1) is 5.92 Å². The van der Waals surface area contributed by atoms with Crippen molar-refractivity contribution in [3.05, 3.63) is 59.7 Å². The van der Waals surface area contributed by atoms with Crippen molar-refractivity contribution in [3.63, 3.8) is 0 Å². The number of ether oxygens (including phenoxy) is 2. The van der Waals surface area contributed by atoms with Crippen molar-refractivity contribution in [2.45, 2.75) is 31.8 Å². The maximum absolute atomic E-state index is 12.3. The molecule has 1 aliphatic rings. The molecule has 0 spiro atoms. The van der Waals surface area contributed by atoms with E-state index < -0.39 is 18.2 Å². The Bertz CT molecular complexity index is 947. The fourth-order valence-electron chi connectivity index (χ4n) is 3.95. The number of benzene rings is 2. The van der Waals surface area contributed by atoms with Crippen LogP contribution in [-0.4, -0.2) is 56.0 Å². The molecule has 3 N–H and O–H groups in total. The van der Waals surface area contributed by atoms with Gasteiger partial charge in [0.15, 0.2) is 6.10 Å². The number of rotatable bonds is 11. The third kappa shape index (κ3) is 6.32. The molecule has 2 aromatic rings. The summed E-state index contributed by atoms with van der Waals surface area (Å²) in [7, 11) is 1.28. The van der Waals surface area contributed by atoms with E-state index in [0.717, 1.165) is 11.1 Å². The SMILES string of the molecule is COC(CNC(=O)CCC(C)CNC(=O)OCC1c2ccccc2-c2ccccc21)C(=O)O. The zero-order valence-corrected chi connectivity index (χ0v) is 18.9. The average molecular weight is 455 g/mol. The number of methoxy groups -OCH3 is 1. The Balaban J connectivity index is 1.39. The summed E-state index contributed by atoms with van der Waals surface area (Å²) < 4.78 is 10.3. The van der Waals surface area contributed by atoms with E-state index in [-0.39, 0.29) is 37.3 Å². The van der Waals surface area contributed by atoms with Crippen molar-refractivity contribution in [3.8, 4) is 11.1 Å². The molecular weight excluding hydrogens is 424 g/mol. The van der Waals surface area contributed by atoms with Crippen LogP contribution in [0.25, 0.3) is 11.1 Å². The molecule has 0 saturated carbocycles. The lowest BCUT2D eigenvalue weighted by Gasteiger charge is -2.16. The molecule has 8 heteroatoms. The fraction of sp³-hybridized carbons (Fsp3) is 0.400. The molecule has 3 rings (SSSR count). The summed E-state index contributed by atoms with van der Waals surface area (Å²) in [5.41, 5.74) is 4.66. The molecule has 0 aliphatic heterocycles. The number of carboxylic acids is 1. The molecule has 0 radical (unpaired) electrons. The van der Waals surface area contributed by atoms with Crippen LogP contribution in [0.15, 0.2) is 48.5 Å². The van der Waals surface area contributed by atoms with E-state index in [1.54, 1.807) is 0 Å². The molecule has 0 aromatic heterocycles. The summed E-state index contributed by atoms with van der Waals surface area (Å²) in [4.78, 5) is 35.1. The van der Waals surface area contributed by atoms with E-state index >= 15 is 0 Å².